The highest BCUT2D eigenvalue weighted by Crippen LogP contribution is 2.36. The third-order valence-corrected chi connectivity index (χ3v) is 6.55. The number of nitrogens with zero attached hydrogens (tertiary/aromatic N) is 1. The van der Waals surface area contributed by atoms with Crippen molar-refractivity contribution < 1.29 is 26.7 Å². The number of sulfonamides is 1. The molecule has 2 heterocycles. The standard InChI is InChI=1S/C22H23F2N3O4S/c1-5-6-7-8-14(2)22(3)13-31-20-18(32(29,30)26-22)12-27(4)19(20)21(28)25-15-9-10-16(23)17(24)11-15/h5-12,26H,2,13H2,1,3-4H3,(H,25,28)/b6-5-,8-7-. The average molecular weight is 464 g/mol. The highest BCUT2D eigenvalue weighted by Gasteiger charge is 2.41. The Morgan fingerprint density at radius 1 is 1.31 bits per heavy atom. The number of carbonyl (C=O) groups excluding carboxylic acids is 1. The molecule has 3 rings (SSSR count). The molecule has 0 radical (unpaired) electrons. The Labute approximate surface area is 185 Å². The number of aryl methyl sites for hydroxylation is 1. The Morgan fingerprint density at radius 3 is 2.69 bits per heavy atom. The molecule has 1 aliphatic rings. The number of allylic oxidation sites excluding steroid dienone is 3. The molecule has 2 aromatic rings. The number of rotatable bonds is 5. The molecule has 0 saturated heterocycles. The molecule has 0 bridgehead atoms. The topological polar surface area (TPSA) is 89.4 Å². The van der Waals surface area contributed by atoms with Gasteiger partial charge in [-0.2, -0.15) is 4.72 Å². The number of fused-ring (bicyclic) bond motifs is 1. The molecule has 0 saturated carbocycles. The normalized spacial score (nSPS) is 20.0. The fourth-order valence-electron chi connectivity index (χ4n) is 3.16. The first-order valence-electron chi connectivity index (χ1n) is 9.60. The van der Waals surface area contributed by atoms with Crippen LogP contribution in [-0.2, 0) is 17.1 Å². The second-order valence-corrected chi connectivity index (χ2v) is 9.15. The molecule has 1 amide bonds. The maximum atomic E-state index is 13.5. The van der Waals surface area contributed by atoms with Crippen LogP contribution in [0, 0.1) is 11.6 Å². The SMILES string of the molecule is C=C(/C=C\C=C/C)C1(C)COc2c(cn(C)c2C(=O)Nc2ccc(F)c(F)c2)S(=O)(=O)N1. The molecule has 1 aromatic heterocycles. The summed E-state index contributed by atoms with van der Waals surface area (Å²) in [6, 6.07) is 2.89. The number of ether oxygens (including phenoxy) is 1. The largest absolute Gasteiger partial charge is 0.487 e. The second-order valence-electron chi connectivity index (χ2n) is 7.50. The van der Waals surface area contributed by atoms with Crippen LogP contribution < -0.4 is 14.8 Å². The lowest BCUT2D eigenvalue weighted by Crippen LogP contribution is -2.49. The van der Waals surface area contributed by atoms with Crippen molar-refractivity contribution in [3.63, 3.8) is 0 Å². The zero-order valence-corrected chi connectivity index (χ0v) is 18.6. The molecule has 0 spiro atoms. The maximum absolute atomic E-state index is 13.5. The van der Waals surface area contributed by atoms with E-state index in [1.54, 1.807) is 25.2 Å². The highest BCUT2D eigenvalue weighted by atomic mass is 32.2. The van der Waals surface area contributed by atoms with E-state index in [-0.39, 0.29) is 28.6 Å². The Balaban J connectivity index is 1.96. The summed E-state index contributed by atoms with van der Waals surface area (Å²) in [5.41, 5.74) is -0.795. The number of benzene rings is 1. The molecular weight excluding hydrogens is 440 g/mol. The van der Waals surface area contributed by atoms with Crippen LogP contribution in [0.2, 0.25) is 0 Å². The monoisotopic (exact) mass is 463 g/mol. The van der Waals surface area contributed by atoms with Gasteiger partial charge in [-0.05, 0) is 31.6 Å². The fourth-order valence-corrected chi connectivity index (χ4v) is 4.75. The summed E-state index contributed by atoms with van der Waals surface area (Å²) in [7, 11) is -2.60. The van der Waals surface area contributed by atoms with Gasteiger partial charge in [-0.3, -0.25) is 4.79 Å². The zero-order valence-electron chi connectivity index (χ0n) is 17.8. The van der Waals surface area contributed by atoms with Crippen LogP contribution in [0.5, 0.6) is 5.75 Å². The molecule has 0 aliphatic carbocycles. The van der Waals surface area contributed by atoms with Gasteiger partial charge < -0.3 is 14.6 Å². The molecule has 7 nitrogen and oxygen atoms in total. The summed E-state index contributed by atoms with van der Waals surface area (Å²) in [6.45, 7) is 7.28. The van der Waals surface area contributed by atoms with E-state index >= 15 is 0 Å². The molecule has 1 aromatic carbocycles. The lowest BCUT2D eigenvalue weighted by molar-refractivity contribution is 0.101. The molecule has 0 fully saturated rings. The van der Waals surface area contributed by atoms with Gasteiger partial charge in [-0.1, -0.05) is 30.9 Å². The van der Waals surface area contributed by atoms with Crippen LogP contribution in [0.15, 0.2) is 65.7 Å². The number of halogens is 2. The number of amides is 1. The van der Waals surface area contributed by atoms with E-state index in [9.17, 15) is 22.0 Å². The summed E-state index contributed by atoms with van der Waals surface area (Å²) in [5.74, 6) is -3.07. The summed E-state index contributed by atoms with van der Waals surface area (Å²) >= 11 is 0. The molecular formula is C22H23F2N3O4S. The van der Waals surface area contributed by atoms with Gasteiger partial charge in [0.1, 0.15) is 11.5 Å². The smallest absolute Gasteiger partial charge is 0.276 e. The van der Waals surface area contributed by atoms with Crippen molar-refractivity contribution in [3.8, 4) is 5.75 Å². The van der Waals surface area contributed by atoms with Gasteiger partial charge in [-0.25, -0.2) is 17.2 Å². The predicted octanol–water partition coefficient (Wildman–Crippen LogP) is 3.67. The van der Waals surface area contributed by atoms with E-state index in [1.165, 1.54) is 23.9 Å². The van der Waals surface area contributed by atoms with Crippen LogP contribution in [-0.4, -0.2) is 31.0 Å². The van der Waals surface area contributed by atoms with E-state index in [4.69, 9.17) is 4.74 Å². The van der Waals surface area contributed by atoms with Crippen molar-refractivity contribution >= 4 is 21.6 Å². The van der Waals surface area contributed by atoms with E-state index in [2.05, 4.69) is 16.6 Å². The third kappa shape index (κ3) is 4.51. The minimum Gasteiger partial charge on any atom is -0.487 e. The number of aromatic nitrogens is 1. The van der Waals surface area contributed by atoms with Gasteiger partial charge in [0.15, 0.2) is 23.1 Å². The van der Waals surface area contributed by atoms with Gasteiger partial charge in [0.2, 0.25) is 10.0 Å². The van der Waals surface area contributed by atoms with E-state index < -0.39 is 33.1 Å². The van der Waals surface area contributed by atoms with Gasteiger partial charge in [-0.15, -0.1) is 0 Å². The number of carbonyl (C=O) groups is 1. The molecule has 32 heavy (non-hydrogen) atoms. The molecule has 10 heteroatoms. The van der Waals surface area contributed by atoms with Crippen molar-refractivity contribution in [3.05, 3.63) is 78.2 Å². The van der Waals surface area contributed by atoms with E-state index in [1.807, 2.05) is 13.0 Å². The number of hydrogen-bond donors (Lipinski definition) is 2. The number of hydrogen-bond acceptors (Lipinski definition) is 4. The Bertz CT molecular complexity index is 1250. The molecule has 170 valence electrons. The van der Waals surface area contributed by atoms with Crippen molar-refractivity contribution in [1.29, 1.82) is 0 Å². The van der Waals surface area contributed by atoms with Crippen molar-refractivity contribution in [1.82, 2.24) is 9.29 Å². The lowest BCUT2D eigenvalue weighted by atomic mass is 9.95. The minimum atomic E-state index is -4.08. The summed E-state index contributed by atoms with van der Waals surface area (Å²) in [4.78, 5) is 12.7. The van der Waals surface area contributed by atoms with Gasteiger partial charge in [0.05, 0.1) is 5.54 Å². The summed E-state index contributed by atoms with van der Waals surface area (Å²) in [6.07, 6.45) is 8.23. The molecule has 1 atom stereocenters. The van der Waals surface area contributed by atoms with Crippen LogP contribution in [0.4, 0.5) is 14.5 Å². The van der Waals surface area contributed by atoms with Crippen LogP contribution in [0.1, 0.15) is 24.3 Å². The quantitative estimate of drug-likeness (QED) is 0.662. The summed E-state index contributed by atoms with van der Waals surface area (Å²) in [5, 5.41) is 2.43. The Hall–Kier alpha value is -3.24. The lowest BCUT2D eigenvalue weighted by Gasteiger charge is -2.28. The number of nitrogens with one attached hydrogen (secondary N) is 2. The van der Waals surface area contributed by atoms with E-state index in [0.29, 0.717) is 5.57 Å². The van der Waals surface area contributed by atoms with Crippen LogP contribution in [0.3, 0.4) is 0 Å². The van der Waals surface area contributed by atoms with Crippen molar-refractivity contribution in [2.24, 2.45) is 7.05 Å². The van der Waals surface area contributed by atoms with E-state index in [0.717, 1.165) is 12.1 Å². The van der Waals surface area contributed by atoms with Crippen LogP contribution in [0.25, 0.3) is 0 Å². The Kier molecular flexibility index (Phi) is 6.38. The fraction of sp³-hybridized carbons (Fsp3) is 0.227. The second kappa shape index (κ2) is 8.71. The molecule has 1 aliphatic heterocycles. The third-order valence-electron chi connectivity index (χ3n) is 4.96. The zero-order chi connectivity index (χ0) is 23.7. The van der Waals surface area contributed by atoms with Crippen LogP contribution >= 0.6 is 0 Å². The molecule has 1 unspecified atom stereocenters. The average Bonchev–Trinajstić information content (AvgIpc) is 3.01. The Morgan fingerprint density at radius 2 is 2.03 bits per heavy atom. The molecule has 2 N–H and O–H groups in total. The van der Waals surface area contributed by atoms with Crippen molar-refractivity contribution in [2.75, 3.05) is 11.9 Å². The highest BCUT2D eigenvalue weighted by molar-refractivity contribution is 7.89. The summed E-state index contributed by atoms with van der Waals surface area (Å²) < 4.78 is 62.5. The maximum Gasteiger partial charge on any atom is 0.276 e. The van der Waals surface area contributed by atoms with Gasteiger partial charge in [0, 0.05) is 25.0 Å². The first kappa shape index (κ1) is 23.4. The van der Waals surface area contributed by atoms with Crippen molar-refractivity contribution in [2.45, 2.75) is 24.3 Å². The van der Waals surface area contributed by atoms with Gasteiger partial charge in [0.25, 0.3) is 5.91 Å². The minimum absolute atomic E-state index is 0.00536. The number of anilines is 1. The first-order valence-corrected chi connectivity index (χ1v) is 11.1. The first-order chi connectivity index (χ1) is 15.0. The predicted molar refractivity (Wildman–Crippen MR) is 117 cm³/mol. The van der Waals surface area contributed by atoms with Gasteiger partial charge >= 0.3 is 0 Å².